The first-order chi connectivity index (χ1) is 12.7. The molecule has 0 saturated carbocycles. The Morgan fingerprint density at radius 2 is 1.38 bits per heavy atom. The molecule has 3 nitrogen and oxygen atoms in total. The zero-order chi connectivity index (χ0) is 17.9. The molecule has 0 spiro atoms. The molecule has 3 aromatic rings. The van der Waals surface area contributed by atoms with Crippen LogP contribution in [0.1, 0.15) is 11.1 Å². The van der Waals surface area contributed by atoms with Crippen LogP contribution in [0.5, 0.6) is 0 Å². The fourth-order valence-corrected chi connectivity index (χ4v) is 2.81. The van der Waals surface area contributed by atoms with E-state index in [2.05, 4.69) is 17.1 Å². The van der Waals surface area contributed by atoms with E-state index in [9.17, 15) is 4.79 Å². The molecule has 0 atom stereocenters. The van der Waals surface area contributed by atoms with Gasteiger partial charge in [-0.3, -0.25) is 0 Å². The maximum Gasteiger partial charge on any atom is 0.363 e. The minimum absolute atomic E-state index is 0.273. The van der Waals surface area contributed by atoms with Crippen molar-refractivity contribution in [1.29, 1.82) is 0 Å². The first kappa shape index (κ1) is 16.3. The van der Waals surface area contributed by atoms with Gasteiger partial charge in [0.15, 0.2) is 5.70 Å². The van der Waals surface area contributed by atoms with Crippen molar-refractivity contribution < 1.29 is 9.53 Å². The summed E-state index contributed by atoms with van der Waals surface area (Å²) < 4.78 is 5.32. The lowest BCUT2D eigenvalue weighted by Gasteiger charge is -2.03. The standard InChI is InChI=1S/C22H14ClNO2/c23-19-12-6-15(7-13-19)14-20-22(25)26-21(24-20)18-10-8-17(9-11-18)16-4-2-1-3-5-16/h1-14H. The summed E-state index contributed by atoms with van der Waals surface area (Å²) >= 11 is 5.88. The molecule has 1 aliphatic rings. The second-order valence-electron chi connectivity index (χ2n) is 5.83. The molecule has 0 amide bonds. The number of carbonyl (C=O) groups is 1. The molecule has 0 saturated heterocycles. The molecule has 4 heteroatoms. The number of halogens is 1. The van der Waals surface area contributed by atoms with Crippen molar-refractivity contribution in [3.8, 4) is 11.1 Å². The minimum Gasteiger partial charge on any atom is -0.402 e. The maximum atomic E-state index is 12.1. The van der Waals surface area contributed by atoms with Crippen LogP contribution in [0.2, 0.25) is 5.02 Å². The van der Waals surface area contributed by atoms with Gasteiger partial charge in [0.2, 0.25) is 5.90 Å². The summed E-state index contributed by atoms with van der Waals surface area (Å²) in [5, 5.41) is 0.642. The minimum atomic E-state index is -0.456. The quantitative estimate of drug-likeness (QED) is 0.467. The number of benzene rings is 3. The number of ether oxygens (including phenoxy) is 1. The van der Waals surface area contributed by atoms with Gasteiger partial charge in [-0.2, -0.15) is 0 Å². The van der Waals surface area contributed by atoms with E-state index in [-0.39, 0.29) is 5.70 Å². The van der Waals surface area contributed by atoms with Crippen LogP contribution in [-0.4, -0.2) is 11.9 Å². The molecule has 0 unspecified atom stereocenters. The Kier molecular flexibility index (Phi) is 4.38. The highest BCUT2D eigenvalue weighted by molar-refractivity contribution is 6.30. The monoisotopic (exact) mass is 359 g/mol. The van der Waals surface area contributed by atoms with Crippen LogP contribution < -0.4 is 0 Å². The number of cyclic esters (lactones) is 1. The largest absolute Gasteiger partial charge is 0.402 e. The zero-order valence-electron chi connectivity index (χ0n) is 13.7. The Morgan fingerprint density at radius 1 is 0.769 bits per heavy atom. The summed E-state index contributed by atoms with van der Waals surface area (Å²) in [7, 11) is 0. The highest BCUT2D eigenvalue weighted by atomic mass is 35.5. The van der Waals surface area contributed by atoms with E-state index in [0.717, 1.165) is 22.3 Å². The lowest BCUT2D eigenvalue weighted by atomic mass is 10.0. The van der Waals surface area contributed by atoms with Gasteiger partial charge in [-0.15, -0.1) is 0 Å². The number of aliphatic imine (C=N–C) groups is 1. The van der Waals surface area contributed by atoms with Gasteiger partial charge in [0.25, 0.3) is 0 Å². The Hall–Kier alpha value is -3.17. The van der Waals surface area contributed by atoms with Gasteiger partial charge in [-0.1, -0.05) is 66.2 Å². The van der Waals surface area contributed by atoms with Crippen LogP contribution in [0.3, 0.4) is 0 Å². The van der Waals surface area contributed by atoms with Gasteiger partial charge < -0.3 is 4.74 Å². The Labute approximate surface area is 156 Å². The smallest absolute Gasteiger partial charge is 0.363 e. The molecular formula is C22H14ClNO2. The van der Waals surface area contributed by atoms with Crippen LogP contribution in [-0.2, 0) is 9.53 Å². The first-order valence-electron chi connectivity index (χ1n) is 8.13. The number of rotatable bonds is 3. The van der Waals surface area contributed by atoms with E-state index in [1.807, 2.05) is 54.6 Å². The van der Waals surface area contributed by atoms with Gasteiger partial charge in [-0.05, 0) is 47.0 Å². The van der Waals surface area contributed by atoms with Crippen molar-refractivity contribution >= 4 is 29.5 Å². The number of nitrogens with zero attached hydrogens (tertiary/aromatic N) is 1. The van der Waals surface area contributed by atoms with E-state index >= 15 is 0 Å². The molecule has 4 rings (SSSR count). The molecule has 3 aromatic carbocycles. The Balaban J connectivity index is 1.60. The first-order valence-corrected chi connectivity index (χ1v) is 8.51. The summed E-state index contributed by atoms with van der Waals surface area (Å²) in [5.41, 5.74) is 4.10. The fraction of sp³-hybridized carbons (Fsp3) is 0. The topological polar surface area (TPSA) is 38.7 Å². The van der Waals surface area contributed by atoms with Crippen molar-refractivity contribution in [3.05, 3.63) is 101 Å². The van der Waals surface area contributed by atoms with E-state index < -0.39 is 5.97 Å². The second kappa shape index (κ2) is 6.98. The molecule has 1 heterocycles. The molecule has 0 fully saturated rings. The van der Waals surface area contributed by atoms with Crippen LogP contribution in [0.4, 0.5) is 0 Å². The van der Waals surface area contributed by atoms with Crippen molar-refractivity contribution in [1.82, 2.24) is 0 Å². The summed E-state index contributed by atoms with van der Waals surface area (Å²) in [6.07, 6.45) is 1.68. The van der Waals surface area contributed by atoms with Gasteiger partial charge in [-0.25, -0.2) is 9.79 Å². The van der Waals surface area contributed by atoms with Crippen molar-refractivity contribution in [2.75, 3.05) is 0 Å². The number of esters is 1. The molecule has 1 aliphatic heterocycles. The van der Waals surface area contributed by atoms with Gasteiger partial charge in [0, 0.05) is 10.6 Å². The summed E-state index contributed by atoms with van der Waals surface area (Å²) in [4.78, 5) is 16.4. The Morgan fingerprint density at radius 3 is 2.08 bits per heavy atom. The zero-order valence-corrected chi connectivity index (χ0v) is 14.5. The van der Waals surface area contributed by atoms with Crippen molar-refractivity contribution in [3.63, 3.8) is 0 Å². The number of hydrogen-bond acceptors (Lipinski definition) is 3. The summed E-state index contributed by atoms with van der Waals surface area (Å²) in [6.45, 7) is 0. The predicted molar refractivity (Wildman–Crippen MR) is 104 cm³/mol. The third-order valence-electron chi connectivity index (χ3n) is 4.03. The SMILES string of the molecule is O=C1OC(c2ccc(-c3ccccc3)cc2)=NC1=Cc1ccc(Cl)cc1. The molecule has 0 radical (unpaired) electrons. The van der Waals surface area contributed by atoms with Crippen molar-refractivity contribution in [2.45, 2.75) is 0 Å². The van der Waals surface area contributed by atoms with E-state index in [4.69, 9.17) is 16.3 Å². The molecular weight excluding hydrogens is 346 g/mol. The van der Waals surface area contributed by atoms with Gasteiger partial charge in [0.05, 0.1) is 0 Å². The average molecular weight is 360 g/mol. The van der Waals surface area contributed by atoms with Crippen LogP contribution in [0, 0.1) is 0 Å². The summed E-state index contributed by atoms with van der Waals surface area (Å²) in [6, 6.07) is 25.0. The van der Waals surface area contributed by atoms with Crippen LogP contribution in [0.15, 0.2) is 89.6 Å². The third kappa shape index (κ3) is 3.44. The number of carbonyl (C=O) groups excluding carboxylic acids is 1. The highest BCUT2D eigenvalue weighted by Gasteiger charge is 2.24. The van der Waals surface area contributed by atoms with Gasteiger partial charge >= 0.3 is 5.97 Å². The van der Waals surface area contributed by atoms with Crippen LogP contribution in [0.25, 0.3) is 17.2 Å². The molecule has 126 valence electrons. The predicted octanol–water partition coefficient (Wildman–Crippen LogP) is 5.35. The maximum absolute atomic E-state index is 12.1. The second-order valence-corrected chi connectivity index (χ2v) is 6.27. The molecule has 26 heavy (non-hydrogen) atoms. The fourth-order valence-electron chi connectivity index (χ4n) is 2.69. The molecule has 0 bridgehead atoms. The molecule has 0 N–H and O–H groups in total. The molecule has 0 aliphatic carbocycles. The number of hydrogen-bond donors (Lipinski definition) is 0. The lowest BCUT2D eigenvalue weighted by Crippen LogP contribution is -2.05. The van der Waals surface area contributed by atoms with E-state index in [1.54, 1.807) is 18.2 Å². The summed E-state index contributed by atoms with van der Waals surface area (Å²) in [5.74, 6) is -0.142. The molecule has 0 aromatic heterocycles. The average Bonchev–Trinajstić information content (AvgIpc) is 3.05. The van der Waals surface area contributed by atoms with E-state index in [1.165, 1.54) is 0 Å². The van der Waals surface area contributed by atoms with Gasteiger partial charge in [0.1, 0.15) is 0 Å². The van der Waals surface area contributed by atoms with Crippen LogP contribution >= 0.6 is 11.6 Å². The Bertz CT molecular complexity index is 1000. The highest BCUT2D eigenvalue weighted by Crippen LogP contribution is 2.23. The lowest BCUT2D eigenvalue weighted by molar-refractivity contribution is -0.129. The van der Waals surface area contributed by atoms with Crippen molar-refractivity contribution in [2.24, 2.45) is 4.99 Å². The van der Waals surface area contributed by atoms with E-state index in [0.29, 0.717) is 10.9 Å². The normalized spacial score (nSPS) is 15.0. The third-order valence-corrected chi connectivity index (χ3v) is 4.28.